The molecule has 2 aliphatic rings. The second kappa shape index (κ2) is 4.74. The van der Waals surface area contributed by atoms with Gasteiger partial charge in [0, 0.05) is 23.4 Å². The lowest BCUT2D eigenvalue weighted by atomic mass is 9.72. The maximum atomic E-state index is 12.8. The molecule has 1 aliphatic carbocycles. The largest absolute Gasteiger partial charge is 0.328 e. The van der Waals surface area contributed by atoms with E-state index in [4.69, 9.17) is 5.73 Å². The number of hydrogen-bond acceptors (Lipinski definition) is 2. The summed E-state index contributed by atoms with van der Waals surface area (Å²) >= 11 is 0. The van der Waals surface area contributed by atoms with Gasteiger partial charge in [0.25, 0.3) is 5.91 Å². The predicted molar refractivity (Wildman–Crippen MR) is 81.1 cm³/mol. The third kappa shape index (κ3) is 1.66. The van der Waals surface area contributed by atoms with Crippen LogP contribution in [0.15, 0.2) is 30.8 Å². The molecule has 2 atom stereocenters. The summed E-state index contributed by atoms with van der Waals surface area (Å²) in [5.41, 5.74) is 8.43. The van der Waals surface area contributed by atoms with Crippen LogP contribution in [0.4, 0.5) is 0 Å². The highest BCUT2D eigenvalue weighted by atomic mass is 16.2. The Morgan fingerprint density at radius 1 is 1.35 bits per heavy atom. The average Bonchev–Trinajstić information content (AvgIpc) is 2.73. The Morgan fingerprint density at radius 3 is 2.65 bits per heavy atom. The summed E-state index contributed by atoms with van der Waals surface area (Å²) in [7, 11) is 0. The van der Waals surface area contributed by atoms with Crippen molar-refractivity contribution in [2.75, 3.05) is 6.54 Å². The van der Waals surface area contributed by atoms with Crippen molar-refractivity contribution in [3.8, 4) is 0 Å². The van der Waals surface area contributed by atoms with Gasteiger partial charge in [0.1, 0.15) is 0 Å². The third-order valence-corrected chi connectivity index (χ3v) is 5.15. The van der Waals surface area contributed by atoms with Crippen molar-refractivity contribution in [1.82, 2.24) is 4.90 Å². The van der Waals surface area contributed by atoms with Crippen LogP contribution in [-0.2, 0) is 0 Å². The molecule has 1 aromatic rings. The number of benzene rings is 1. The van der Waals surface area contributed by atoms with Gasteiger partial charge >= 0.3 is 0 Å². The van der Waals surface area contributed by atoms with Gasteiger partial charge in [-0.3, -0.25) is 4.79 Å². The number of nitrogens with zero attached hydrogens (tertiary/aromatic N) is 1. The molecule has 3 rings (SSSR count). The fourth-order valence-electron chi connectivity index (χ4n) is 3.88. The number of carbonyl (C=O) groups excluding carboxylic acids is 1. The highest BCUT2D eigenvalue weighted by Crippen LogP contribution is 2.45. The van der Waals surface area contributed by atoms with E-state index < -0.39 is 0 Å². The first-order valence-electron chi connectivity index (χ1n) is 7.45. The number of carbonyl (C=O) groups is 1. The maximum absolute atomic E-state index is 12.8. The average molecular weight is 270 g/mol. The normalized spacial score (nSPS) is 29.7. The summed E-state index contributed by atoms with van der Waals surface area (Å²) in [6, 6.07) is 7.74. The molecule has 0 saturated heterocycles. The van der Waals surface area contributed by atoms with Gasteiger partial charge in [-0.2, -0.15) is 0 Å². The van der Waals surface area contributed by atoms with Crippen LogP contribution in [0.25, 0.3) is 5.70 Å². The van der Waals surface area contributed by atoms with Crippen LogP contribution in [0.1, 0.15) is 48.5 Å². The monoisotopic (exact) mass is 270 g/mol. The van der Waals surface area contributed by atoms with Crippen LogP contribution < -0.4 is 5.73 Å². The van der Waals surface area contributed by atoms with E-state index in [1.807, 2.05) is 29.2 Å². The Labute approximate surface area is 120 Å². The van der Waals surface area contributed by atoms with E-state index in [-0.39, 0.29) is 11.4 Å². The van der Waals surface area contributed by atoms with Crippen molar-refractivity contribution in [3.63, 3.8) is 0 Å². The van der Waals surface area contributed by atoms with E-state index in [1.165, 1.54) is 6.42 Å². The minimum atomic E-state index is -0.258. The minimum absolute atomic E-state index is 0.0739. The smallest absolute Gasteiger partial charge is 0.259 e. The Bertz CT molecular complexity index is 531. The van der Waals surface area contributed by atoms with E-state index in [9.17, 15) is 4.79 Å². The van der Waals surface area contributed by atoms with Gasteiger partial charge in [-0.25, -0.2) is 0 Å². The zero-order chi connectivity index (χ0) is 14.3. The molecule has 2 unspecified atom stereocenters. The molecular formula is C17H22N2O. The third-order valence-electron chi connectivity index (χ3n) is 5.15. The Balaban J connectivity index is 2.07. The number of rotatable bonds is 2. The zero-order valence-corrected chi connectivity index (χ0v) is 12.1. The van der Waals surface area contributed by atoms with Crippen molar-refractivity contribution in [3.05, 3.63) is 42.0 Å². The molecule has 3 heteroatoms. The molecule has 0 bridgehead atoms. The van der Waals surface area contributed by atoms with Crippen LogP contribution in [-0.4, -0.2) is 22.9 Å². The molecule has 1 saturated carbocycles. The van der Waals surface area contributed by atoms with Crippen molar-refractivity contribution in [2.24, 2.45) is 11.7 Å². The van der Waals surface area contributed by atoms with Crippen LogP contribution >= 0.6 is 0 Å². The molecule has 0 radical (unpaired) electrons. The molecule has 0 aromatic heterocycles. The number of amides is 1. The van der Waals surface area contributed by atoms with Gasteiger partial charge in [-0.15, -0.1) is 0 Å². The highest BCUT2D eigenvalue weighted by molar-refractivity contribution is 6.09. The van der Waals surface area contributed by atoms with E-state index in [1.54, 1.807) is 0 Å². The first-order valence-corrected chi connectivity index (χ1v) is 7.45. The van der Waals surface area contributed by atoms with E-state index >= 15 is 0 Å². The van der Waals surface area contributed by atoms with Gasteiger partial charge in [0.15, 0.2) is 0 Å². The first-order chi connectivity index (χ1) is 9.62. The number of fused-ring (bicyclic) bond motifs is 1. The molecule has 1 fully saturated rings. The molecule has 1 amide bonds. The minimum Gasteiger partial charge on any atom is -0.328 e. The quantitative estimate of drug-likeness (QED) is 0.898. The molecule has 20 heavy (non-hydrogen) atoms. The zero-order valence-electron chi connectivity index (χ0n) is 12.1. The summed E-state index contributed by atoms with van der Waals surface area (Å²) in [5.74, 6) is 0.487. The molecule has 0 spiro atoms. The molecule has 1 aromatic carbocycles. The lowest BCUT2D eigenvalue weighted by Gasteiger charge is -2.48. The number of nitrogens with two attached hydrogens (primary N) is 1. The van der Waals surface area contributed by atoms with Crippen molar-refractivity contribution >= 4 is 11.6 Å². The summed E-state index contributed by atoms with van der Waals surface area (Å²) in [4.78, 5) is 14.7. The van der Waals surface area contributed by atoms with Crippen LogP contribution in [0.5, 0.6) is 0 Å². The molecule has 2 N–H and O–H groups in total. The molecule has 3 nitrogen and oxygen atoms in total. The van der Waals surface area contributed by atoms with Crippen molar-refractivity contribution < 1.29 is 4.79 Å². The molecule has 1 aliphatic heterocycles. The highest BCUT2D eigenvalue weighted by Gasteiger charge is 2.49. The summed E-state index contributed by atoms with van der Waals surface area (Å²) in [6.07, 6.45) is 4.47. The van der Waals surface area contributed by atoms with Crippen LogP contribution in [0.2, 0.25) is 0 Å². The van der Waals surface area contributed by atoms with Crippen molar-refractivity contribution in [1.29, 1.82) is 0 Å². The summed E-state index contributed by atoms with van der Waals surface area (Å²) < 4.78 is 0. The SMILES string of the molecule is C=C1c2ccccc2C(=O)N1C1(CN)CCCCC1C. The molecule has 1 heterocycles. The van der Waals surface area contributed by atoms with Crippen molar-refractivity contribution in [2.45, 2.75) is 38.1 Å². The van der Waals surface area contributed by atoms with Gasteiger partial charge in [0.05, 0.1) is 5.54 Å². The Hall–Kier alpha value is -1.61. The summed E-state index contributed by atoms with van der Waals surface area (Å²) in [6.45, 7) is 6.90. The Morgan fingerprint density at radius 2 is 2.05 bits per heavy atom. The van der Waals surface area contributed by atoms with E-state index in [0.29, 0.717) is 12.5 Å². The lowest BCUT2D eigenvalue weighted by molar-refractivity contribution is 0.0430. The van der Waals surface area contributed by atoms with Crippen LogP contribution in [0.3, 0.4) is 0 Å². The van der Waals surface area contributed by atoms with Gasteiger partial charge in [0.2, 0.25) is 0 Å². The van der Waals surface area contributed by atoms with Crippen LogP contribution in [0, 0.1) is 5.92 Å². The van der Waals surface area contributed by atoms with Gasteiger partial charge in [-0.05, 0) is 24.8 Å². The summed E-state index contributed by atoms with van der Waals surface area (Å²) in [5, 5.41) is 0. The van der Waals surface area contributed by atoms with Gasteiger partial charge in [-0.1, -0.05) is 44.5 Å². The van der Waals surface area contributed by atoms with E-state index in [0.717, 1.165) is 36.1 Å². The fraction of sp³-hybridized carbons (Fsp3) is 0.471. The standard InChI is InChI=1S/C17H22N2O/c1-12-7-5-6-10-17(12,11-18)19-13(2)14-8-3-4-9-15(14)16(19)20/h3-4,8-9,12H,2,5-7,10-11,18H2,1H3. The second-order valence-electron chi connectivity index (χ2n) is 6.09. The fourth-order valence-corrected chi connectivity index (χ4v) is 3.88. The lowest BCUT2D eigenvalue weighted by Crippen LogP contribution is -2.58. The number of hydrogen-bond donors (Lipinski definition) is 1. The second-order valence-corrected chi connectivity index (χ2v) is 6.09. The first kappa shape index (κ1) is 13.4. The predicted octanol–water partition coefficient (Wildman–Crippen LogP) is 3.02. The molecular weight excluding hydrogens is 248 g/mol. The molecule has 106 valence electrons. The van der Waals surface area contributed by atoms with Gasteiger partial charge < -0.3 is 10.6 Å². The topological polar surface area (TPSA) is 46.3 Å². The van der Waals surface area contributed by atoms with E-state index in [2.05, 4.69) is 13.5 Å². The Kier molecular flexibility index (Phi) is 3.17. The maximum Gasteiger partial charge on any atom is 0.259 e.